The molecule has 0 saturated carbocycles. The van der Waals surface area contributed by atoms with Crippen LogP contribution in [0.3, 0.4) is 0 Å². The van der Waals surface area contributed by atoms with Crippen molar-refractivity contribution in [2.75, 3.05) is 6.54 Å². The minimum atomic E-state index is -1.05. The Labute approximate surface area is 136 Å². The van der Waals surface area contributed by atoms with Gasteiger partial charge < -0.3 is 5.32 Å². The Balaban J connectivity index is 1.56. The fraction of sp³-hybridized carbons (Fsp3) is 0.118. The van der Waals surface area contributed by atoms with Crippen molar-refractivity contribution < 1.29 is 13.6 Å². The number of aromatic nitrogens is 3. The van der Waals surface area contributed by atoms with Gasteiger partial charge >= 0.3 is 0 Å². The van der Waals surface area contributed by atoms with Gasteiger partial charge in [-0.1, -0.05) is 35.5 Å². The number of carbonyl (C=O) groups excluding carboxylic acids is 1. The van der Waals surface area contributed by atoms with Crippen molar-refractivity contribution in [3.63, 3.8) is 0 Å². The standard InChI is InChI=1S/C17H14F2N4O/c18-14-7-6-13(10-15(14)19)17(24)20-8-9-23-11-16(21-22-23)12-4-2-1-3-5-12/h1-7,10-11H,8-9H2,(H,20,24). The van der Waals surface area contributed by atoms with E-state index >= 15 is 0 Å². The van der Waals surface area contributed by atoms with Gasteiger partial charge in [-0.3, -0.25) is 9.48 Å². The predicted molar refractivity (Wildman–Crippen MR) is 84.1 cm³/mol. The summed E-state index contributed by atoms with van der Waals surface area (Å²) in [5, 5.41) is 10.7. The quantitative estimate of drug-likeness (QED) is 0.783. The van der Waals surface area contributed by atoms with E-state index in [9.17, 15) is 13.6 Å². The van der Waals surface area contributed by atoms with E-state index < -0.39 is 17.5 Å². The van der Waals surface area contributed by atoms with Crippen molar-refractivity contribution in [3.05, 3.63) is 71.9 Å². The molecule has 0 aliphatic carbocycles. The Bertz CT molecular complexity index is 849. The first-order chi connectivity index (χ1) is 11.6. The number of carbonyl (C=O) groups is 1. The van der Waals surface area contributed by atoms with Crippen LogP contribution < -0.4 is 5.32 Å². The molecule has 3 rings (SSSR count). The van der Waals surface area contributed by atoms with Crippen LogP contribution >= 0.6 is 0 Å². The molecule has 0 bridgehead atoms. The highest BCUT2D eigenvalue weighted by atomic mass is 19.2. The normalized spacial score (nSPS) is 10.6. The maximum absolute atomic E-state index is 13.1. The molecule has 1 N–H and O–H groups in total. The molecule has 1 aromatic heterocycles. The van der Waals surface area contributed by atoms with Gasteiger partial charge in [0.2, 0.25) is 0 Å². The summed E-state index contributed by atoms with van der Waals surface area (Å²) in [7, 11) is 0. The van der Waals surface area contributed by atoms with Crippen molar-refractivity contribution in [2.45, 2.75) is 6.54 Å². The summed E-state index contributed by atoms with van der Waals surface area (Å²) in [5.41, 5.74) is 1.76. The molecule has 0 radical (unpaired) electrons. The molecule has 2 aromatic carbocycles. The summed E-state index contributed by atoms with van der Waals surface area (Å²) in [5.74, 6) is -2.51. The number of hydrogen-bond donors (Lipinski definition) is 1. The molecule has 0 saturated heterocycles. The zero-order valence-corrected chi connectivity index (χ0v) is 12.6. The summed E-state index contributed by atoms with van der Waals surface area (Å²) in [6.45, 7) is 0.699. The summed E-state index contributed by atoms with van der Waals surface area (Å²) in [6.07, 6.45) is 1.78. The third kappa shape index (κ3) is 3.62. The Morgan fingerprint density at radius 1 is 1.08 bits per heavy atom. The number of nitrogens with one attached hydrogen (secondary N) is 1. The van der Waals surface area contributed by atoms with Crippen LogP contribution in [0.25, 0.3) is 11.3 Å². The average molecular weight is 328 g/mol. The SMILES string of the molecule is O=C(NCCn1cc(-c2ccccc2)nn1)c1ccc(F)c(F)c1. The fourth-order valence-corrected chi connectivity index (χ4v) is 2.17. The van der Waals surface area contributed by atoms with E-state index in [4.69, 9.17) is 0 Å². The van der Waals surface area contributed by atoms with Gasteiger partial charge in [-0.15, -0.1) is 5.10 Å². The summed E-state index contributed by atoms with van der Waals surface area (Å²) in [4.78, 5) is 11.9. The summed E-state index contributed by atoms with van der Waals surface area (Å²) >= 11 is 0. The number of rotatable bonds is 5. The van der Waals surface area contributed by atoms with Crippen LogP contribution in [-0.2, 0) is 6.54 Å². The maximum atomic E-state index is 13.1. The van der Waals surface area contributed by atoms with Gasteiger partial charge in [-0.2, -0.15) is 0 Å². The summed E-state index contributed by atoms with van der Waals surface area (Å²) in [6, 6.07) is 12.6. The molecule has 3 aromatic rings. The number of amides is 1. The lowest BCUT2D eigenvalue weighted by Gasteiger charge is -2.05. The fourth-order valence-electron chi connectivity index (χ4n) is 2.17. The van der Waals surface area contributed by atoms with E-state index in [0.29, 0.717) is 6.54 Å². The smallest absolute Gasteiger partial charge is 0.251 e. The number of halogens is 2. The lowest BCUT2D eigenvalue weighted by atomic mass is 10.2. The first-order valence-corrected chi connectivity index (χ1v) is 7.32. The van der Waals surface area contributed by atoms with E-state index in [-0.39, 0.29) is 12.1 Å². The molecule has 0 aliphatic heterocycles. The van der Waals surface area contributed by atoms with Gasteiger partial charge in [0.1, 0.15) is 5.69 Å². The van der Waals surface area contributed by atoms with E-state index in [1.165, 1.54) is 6.07 Å². The number of benzene rings is 2. The zero-order valence-electron chi connectivity index (χ0n) is 12.6. The van der Waals surface area contributed by atoms with Crippen LogP contribution in [-0.4, -0.2) is 27.4 Å². The third-order valence-electron chi connectivity index (χ3n) is 3.42. The van der Waals surface area contributed by atoms with E-state index in [0.717, 1.165) is 23.4 Å². The van der Waals surface area contributed by atoms with Gasteiger partial charge in [0.25, 0.3) is 5.91 Å². The number of nitrogens with zero attached hydrogens (tertiary/aromatic N) is 3. The molecule has 122 valence electrons. The molecule has 0 unspecified atom stereocenters. The monoisotopic (exact) mass is 328 g/mol. The van der Waals surface area contributed by atoms with Gasteiger partial charge in [-0.05, 0) is 18.2 Å². The molecule has 1 heterocycles. The van der Waals surface area contributed by atoms with Gasteiger partial charge in [0, 0.05) is 17.7 Å². The molecule has 0 atom stereocenters. The molecule has 0 fully saturated rings. The highest BCUT2D eigenvalue weighted by molar-refractivity contribution is 5.94. The Kier molecular flexibility index (Phi) is 4.60. The Hall–Kier alpha value is -3.09. The molecule has 0 spiro atoms. The maximum Gasteiger partial charge on any atom is 0.251 e. The lowest BCUT2D eigenvalue weighted by Crippen LogP contribution is -2.27. The van der Waals surface area contributed by atoms with E-state index in [1.54, 1.807) is 10.9 Å². The second-order valence-corrected chi connectivity index (χ2v) is 5.12. The zero-order chi connectivity index (χ0) is 16.9. The number of hydrogen-bond acceptors (Lipinski definition) is 3. The third-order valence-corrected chi connectivity index (χ3v) is 3.42. The van der Waals surface area contributed by atoms with Crippen molar-refractivity contribution in [1.29, 1.82) is 0 Å². The topological polar surface area (TPSA) is 59.8 Å². The van der Waals surface area contributed by atoms with Gasteiger partial charge in [-0.25, -0.2) is 8.78 Å². The average Bonchev–Trinajstić information content (AvgIpc) is 3.07. The van der Waals surface area contributed by atoms with Crippen LogP contribution in [0.15, 0.2) is 54.7 Å². The van der Waals surface area contributed by atoms with Crippen LogP contribution in [0, 0.1) is 11.6 Å². The van der Waals surface area contributed by atoms with Crippen LogP contribution in [0.2, 0.25) is 0 Å². The molecule has 1 amide bonds. The highest BCUT2D eigenvalue weighted by Gasteiger charge is 2.09. The van der Waals surface area contributed by atoms with E-state index in [1.807, 2.05) is 30.3 Å². The largest absolute Gasteiger partial charge is 0.350 e. The summed E-state index contributed by atoms with van der Waals surface area (Å²) < 4.78 is 27.6. The molecule has 7 heteroatoms. The Morgan fingerprint density at radius 3 is 2.62 bits per heavy atom. The van der Waals surface area contributed by atoms with Gasteiger partial charge in [0.05, 0.1) is 12.7 Å². The van der Waals surface area contributed by atoms with Crippen molar-refractivity contribution in [2.24, 2.45) is 0 Å². The molecule has 5 nitrogen and oxygen atoms in total. The molecular formula is C17H14F2N4O. The molecular weight excluding hydrogens is 314 g/mol. The van der Waals surface area contributed by atoms with Crippen LogP contribution in [0.4, 0.5) is 8.78 Å². The van der Waals surface area contributed by atoms with Crippen LogP contribution in [0.1, 0.15) is 10.4 Å². The lowest BCUT2D eigenvalue weighted by molar-refractivity contribution is 0.0951. The van der Waals surface area contributed by atoms with Crippen molar-refractivity contribution in [3.8, 4) is 11.3 Å². The minimum absolute atomic E-state index is 0.0671. The second-order valence-electron chi connectivity index (χ2n) is 5.12. The molecule has 24 heavy (non-hydrogen) atoms. The second kappa shape index (κ2) is 6.99. The Morgan fingerprint density at radius 2 is 1.88 bits per heavy atom. The van der Waals surface area contributed by atoms with Gasteiger partial charge in [0.15, 0.2) is 11.6 Å². The highest BCUT2D eigenvalue weighted by Crippen LogP contribution is 2.14. The van der Waals surface area contributed by atoms with E-state index in [2.05, 4.69) is 15.6 Å². The molecule has 0 aliphatic rings. The van der Waals surface area contributed by atoms with Crippen molar-refractivity contribution in [1.82, 2.24) is 20.3 Å². The first kappa shape index (κ1) is 15.8. The minimum Gasteiger partial charge on any atom is -0.350 e. The first-order valence-electron chi connectivity index (χ1n) is 7.32. The van der Waals surface area contributed by atoms with Crippen molar-refractivity contribution >= 4 is 5.91 Å². The predicted octanol–water partition coefficient (Wildman–Crippen LogP) is 2.65. The van der Waals surface area contributed by atoms with Crippen LogP contribution in [0.5, 0.6) is 0 Å².